The highest BCUT2D eigenvalue weighted by molar-refractivity contribution is 14.0. The van der Waals surface area contributed by atoms with Gasteiger partial charge in [0.25, 0.3) is 0 Å². The average Bonchev–Trinajstić information content (AvgIpc) is 2.90. The summed E-state index contributed by atoms with van der Waals surface area (Å²) in [5.74, 6) is 0.813. The molecule has 138 valence electrons. The molecule has 1 aromatic rings. The quantitative estimate of drug-likeness (QED) is 0.300. The Kier molecular flexibility index (Phi) is 11.2. The van der Waals surface area contributed by atoms with Crippen LogP contribution in [0.15, 0.2) is 29.3 Å². The molecule has 0 bridgehead atoms. The van der Waals surface area contributed by atoms with Crippen molar-refractivity contribution in [3.8, 4) is 6.07 Å². The van der Waals surface area contributed by atoms with Crippen LogP contribution in [0.3, 0.4) is 0 Å². The van der Waals surface area contributed by atoms with Crippen molar-refractivity contribution in [2.75, 3.05) is 33.2 Å². The van der Waals surface area contributed by atoms with Gasteiger partial charge in [-0.3, -0.25) is 4.99 Å². The smallest absolute Gasteiger partial charge is 0.191 e. The van der Waals surface area contributed by atoms with Crippen molar-refractivity contribution in [2.24, 2.45) is 4.99 Å². The summed E-state index contributed by atoms with van der Waals surface area (Å²) in [6, 6.07) is 9.81. The highest BCUT2D eigenvalue weighted by Crippen LogP contribution is 2.09. The van der Waals surface area contributed by atoms with Crippen LogP contribution in [0, 0.1) is 11.3 Å². The molecule has 1 saturated heterocycles. The third-order valence-corrected chi connectivity index (χ3v) is 4.38. The molecule has 2 rings (SSSR count). The van der Waals surface area contributed by atoms with Gasteiger partial charge in [-0.05, 0) is 56.6 Å². The van der Waals surface area contributed by atoms with E-state index in [2.05, 4.69) is 26.6 Å². The van der Waals surface area contributed by atoms with Gasteiger partial charge in [-0.15, -0.1) is 24.0 Å². The Balaban J connectivity index is 0.00000312. The predicted molar refractivity (Wildman–Crippen MR) is 114 cm³/mol. The van der Waals surface area contributed by atoms with Gasteiger partial charge in [0.15, 0.2) is 5.96 Å². The fourth-order valence-corrected chi connectivity index (χ4v) is 3.03. The van der Waals surface area contributed by atoms with E-state index in [-0.39, 0.29) is 24.0 Å². The first kappa shape index (κ1) is 21.7. The SMILES string of the molecule is CN=C(NCCCN1CCCCCC1)NCc1cccc(C#N)c1.I. The maximum atomic E-state index is 8.94. The van der Waals surface area contributed by atoms with E-state index in [1.807, 2.05) is 24.3 Å². The number of aliphatic imine (C=N–C) groups is 1. The lowest BCUT2D eigenvalue weighted by Crippen LogP contribution is -2.38. The number of benzene rings is 1. The molecule has 2 N–H and O–H groups in total. The largest absolute Gasteiger partial charge is 0.356 e. The fourth-order valence-electron chi connectivity index (χ4n) is 3.03. The minimum atomic E-state index is 0. The standard InChI is InChI=1S/C19H29N5.HI/c1-21-19(23-16-18-9-6-8-17(14-18)15-20)22-10-7-13-24-11-4-2-3-5-12-24;/h6,8-9,14H,2-5,7,10-13,16H2,1H3,(H2,21,22,23);1H. The Bertz CT molecular complexity index is 559. The highest BCUT2D eigenvalue weighted by atomic mass is 127. The minimum absolute atomic E-state index is 0. The number of nitrogens with one attached hydrogen (secondary N) is 2. The molecular formula is C19H30IN5. The van der Waals surface area contributed by atoms with Crippen LogP contribution in [0.5, 0.6) is 0 Å². The van der Waals surface area contributed by atoms with E-state index in [9.17, 15) is 0 Å². The number of hydrogen-bond acceptors (Lipinski definition) is 3. The van der Waals surface area contributed by atoms with E-state index in [1.54, 1.807) is 7.05 Å². The van der Waals surface area contributed by atoms with E-state index in [0.717, 1.165) is 31.0 Å². The molecule has 1 aliphatic heterocycles. The molecule has 1 fully saturated rings. The number of halogens is 1. The first-order chi connectivity index (χ1) is 11.8. The fraction of sp³-hybridized carbons (Fsp3) is 0.579. The molecule has 0 spiro atoms. The monoisotopic (exact) mass is 455 g/mol. The van der Waals surface area contributed by atoms with Gasteiger partial charge in [0, 0.05) is 20.1 Å². The van der Waals surface area contributed by atoms with Crippen LogP contribution in [-0.4, -0.2) is 44.1 Å². The van der Waals surface area contributed by atoms with Crippen molar-refractivity contribution in [2.45, 2.75) is 38.6 Å². The van der Waals surface area contributed by atoms with Crippen molar-refractivity contribution in [1.82, 2.24) is 15.5 Å². The summed E-state index contributed by atoms with van der Waals surface area (Å²) in [6.07, 6.45) is 6.60. The number of nitrogens with zero attached hydrogens (tertiary/aromatic N) is 3. The van der Waals surface area contributed by atoms with Gasteiger partial charge in [-0.1, -0.05) is 25.0 Å². The molecule has 1 aromatic carbocycles. The molecule has 0 radical (unpaired) electrons. The van der Waals surface area contributed by atoms with Crippen LogP contribution in [0.2, 0.25) is 0 Å². The van der Waals surface area contributed by atoms with Gasteiger partial charge in [-0.2, -0.15) is 5.26 Å². The zero-order valence-corrected chi connectivity index (χ0v) is 17.5. The number of nitriles is 1. The van der Waals surface area contributed by atoms with Crippen LogP contribution in [0.4, 0.5) is 0 Å². The van der Waals surface area contributed by atoms with E-state index in [4.69, 9.17) is 5.26 Å². The third kappa shape index (κ3) is 8.54. The van der Waals surface area contributed by atoms with Crippen LogP contribution < -0.4 is 10.6 Å². The molecule has 5 nitrogen and oxygen atoms in total. The summed E-state index contributed by atoms with van der Waals surface area (Å²) in [4.78, 5) is 6.84. The summed E-state index contributed by atoms with van der Waals surface area (Å²) in [6.45, 7) is 5.26. The van der Waals surface area contributed by atoms with Gasteiger partial charge in [0.05, 0.1) is 11.6 Å². The van der Waals surface area contributed by atoms with Crippen molar-refractivity contribution in [3.05, 3.63) is 35.4 Å². The van der Waals surface area contributed by atoms with E-state index in [1.165, 1.54) is 38.8 Å². The topological polar surface area (TPSA) is 63.5 Å². The predicted octanol–water partition coefficient (Wildman–Crippen LogP) is 3.11. The van der Waals surface area contributed by atoms with E-state index < -0.39 is 0 Å². The zero-order chi connectivity index (χ0) is 17.0. The molecular weight excluding hydrogens is 425 g/mol. The summed E-state index contributed by atoms with van der Waals surface area (Å²) in [5.41, 5.74) is 1.77. The first-order valence-corrected chi connectivity index (χ1v) is 8.98. The molecule has 0 aliphatic carbocycles. The Labute approximate surface area is 168 Å². The second kappa shape index (κ2) is 13.0. The summed E-state index contributed by atoms with van der Waals surface area (Å²) in [5, 5.41) is 15.6. The van der Waals surface area contributed by atoms with Crippen molar-refractivity contribution >= 4 is 29.9 Å². The molecule has 1 heterocycles. The van der Waals surface area contributed by atoms with Gasteiger partial charge in [-0.25, -0.2) is 0 Å². The van der Waals surface area contributed by atoms with Crippen molar-refractivity contribution in [1.29, 1.82) is 5.26 Å². The van der Waals surface area contributed by atoms with E-state index in [0.29, 0.717) is 12.1 Å². The van der Waals surface area contributed by atoms with Crippen LogP contribution in [0.1, 0.15) is 43.2 Å². The Morgan fingerprint density at radius 2 is 1.96 bits per heavy atom. The number of likely N-dealkylation sites (tertiary alicyclic amines) is 1. The molecule has 25 heavy (non-hydrogen) atoms. The second-order valence-corrected chi connectivity index (χ2v) is 6.27. The summed E-state index contributed by atoms with van der Waals surface area (Å²) in [7, 11) is 1.79. The average molecular weight is 455 g/mol. The third-order valence-electron chi connectivity index (χ3n) is 4.38. The lowest BCUT2D eigenvalue weighted by molar-refractivity contribution is 0.282. The van der Waals surface area contributed by atoms with Gasteiger partial charge >= 0.3 is 0 Å². The normalized spacial score (nSPS) is 15.6. The zero-order valence-electron chi connectivity index (χ0n) is 15.1. The molecule has 0 atom stereocenters. The Hall–Kier alpha value is -1.33. The van der Waals surface area contributed by atoms with Crippen LogP contribution in [-0.2, 0) is 6.54 Å². The maximum Gasteiger partial charge on any atom is 0.191 e. The molecule has 1 aliphatic rings. The second-order valence-electron chi connectivity index (χ2n) is 6.27. The Morgan fingerprint density at radius 1 is 1.20 bits per heavy atom. The number of guanidine groups is 1. The van der Waals surface area contributed by atoms with Crippen molar-refractivity contribution in [3.63, 3.8) is 0 Å². The van der Waals surface area contributed by atoms with Gasteiger partial charge in [0.2, 0.25) is 0 Å². The summed E-state index contributed by atoms with van der Waals surface area (Å²) < 4.78 is 0. The van der Waals surface area contributed by atoms with Crippen LogP contribution >= 0.6 is 24.0 Å². The van der Waals surface area contributed by atoms with Gasteiger partial charge < -0.3 is 15.5 Å². The van der Waals surface area contributed by atoms with Crippen LogP contribution in [0.25, 0.3) is 0 Å². The van der Waals surface area contributed by atoms with E-state index >= 15 is 0 Å². The molecule has 0 aromatic heterocycles. The maximum absolute atomic E-state index is 8.94. The summed E-state index contributed by atoms with van der Waals surface area (Å²) >= 11 is 0. The lowest BCUT2D eigenvalue weighted by atomic mass is 10.1. The molecule has 0 unspecified atom stereocenters. The number of hydrogen-bond donors (Lipinski definition) is 2. The van der Waals surface area contributed by atoms with Crippen molar-refractivity contribution < 1.29 is 0 Å². The molecule has 0 amide bonds. The minimum Gasteiger partial charge on any atom is -0.356 e. The molecule has 6 heteroatoms. The Morgan fingerprint density at radius 3 is 2.64 bits per heavy atom. The molecule has 0 saturated carbocycles. The highest BCUT2D eigenvalue weighted by Gasteiger charge is 2.08. The number of rotatable bonds is 6. The lowest BCUT2D eigenvalue weighted by Gasteiger charge is -2.20. The first-order valence-electron chi connectivity index (χ1n) is 8.98. The van der Waals surface area contributed by atoms with Gasteiger partial charge in [0.1, 0.15) is 0 Å².